The number of nitrogens with zero attached hydrogens (tertiary/aromatic N) is 8. The van der Waals surface area contributed by atoms with Gasteiger partial charge in [-0.2, -0.15) is 0 Å². The summed E-state index contributed by atoms with van der Waals surface area (Å²) in [6.07, 6.45) is 22.3. The van der Waals surface area contributed by atoms with Crippen molar-refractivity contribution in [3.63, 3.8) is 0 Å². The fourth-order valence-corrected chi connectivity index (χ4v) is 6.21. The fourth-order valence-electron chi connectivity index (χ4n) is 6.21. The Hall–Kier alpha value is -5.52. The van der Waals surface area contributed by atoms with Gasteiger partial charge in [0.1, 0.15) is 22.7 Å². The van der Waals surface area contributed by atoms with Gasteiger partial charge in [-0.25, -0.2) is 27.5 Å². The first kappa shape index (κ1) is 36.8. The Morgan fingerprint density at radius 2 is 0.889 bits per heavy atom. The van der Waals surface area contributed by atoms with E-state index in [1.54, 1.807) is 42.5 Å². The predicted molar refractivity (Wildman–Crippen MR) is 201 cm³/mol. The zero-order valence-electron chi connectivity index (χ0n) is 29.8. The number of rotatable bonds is 3. The summed E-state index contributed by atoms with van der Waals surface area (Å²) >= 11 is 0. The minimum atomic E-state index is -1.79. The molecule has 3 aromatic rings. The summed E-state index contributed by atoms with van der Waals surface area (Å²) in [5.41, 5.74) is -2.73. The molecule has 3 unspecified atom stereocenters. The molecule has 5 heterocycles. The maximum absolute atomic E-state index is 15.4. The molecule has 0 amide bonds. The van der Waals surface area contributed by atoms with Crippen molar-refractivity contribution in [3.8, 4) is 0 Å². The molecule has 3 aliphatic carbocycles. The Morgan fingerprint density at radius 1 is 0.556 bits per heavy atom. The first-order valence-corrected chi connectivity index (χ1v) is 16.9. The number of allylic oxidation sites excluding steroid dienone is 15. The molecule has 2 aliphatic heterocycles. The van der Waals surface area contributed by atoms with Crippen LogP contribution in [0, 0.1) is 0 Å². The number of halogens is 4. The topological polar surface area (TPSA) is 106 Å². The third-order valence-corrected chi connectivity index (χ3v) is 9.09. The van der Waals surface area contributed by atoms with Crippen molar-refractivity contribution in [3.05, 3.63) is 119 Å². The molecule has 5 aliphatic rings. The molecule has 1 radical (unpaired) electrons. The SMILES string of the molecule is C=CC1=C(/C=C\C(C)(C)F)c2nc1nc1[n-]c(nc3nc(nc4[n-]c(n2)c2c4C=CC(C)(F)C=C2)C2=C3C=CC(C)(F)C=C2)c2c1C=CC(C)(F)C=C2.[Cu+2]. The average molecular weight is 776 g/mol. The summed E-state index contributed by atoms with van der Waals surface area (Å²) in [6.45, 7) is 11.0. The number of fused-ring (bicyclic) bond motifs is 16. The average Bonchev–Trinajstić information content (AvgIpc) is 3.67. The third kappa shape index (κ3) is 6.85. The molecule has 8 rings (SSSR count). The molecule has 54 heavy (non-hydrogen) atoms. The number of alkyl halides is 4. The maximum Gasteiger partial charge on any atom is 2.00 e. The Kier molecular flexibility index (Phi) is 8.74. The van der Waals surface area contributed by atoms with E-state index in [0.29, 0.717) is 44.5 Å². The summed E-state index contributed by atoms with van der Waals surface area (Å²) in [7, 11) is 0. The molecular weight excluding hydrogens is 744 g/mol. The van der Waals surface area contributed by atoms with E-state index in [1.165, 1.54) is 83.2 Å². The van der Waals surface area contributed by atoms with Gasteiger partial charge in [0, 0.05) is 44.9 Å². The second kappa shape index (κ2) is 12.8. The molecule has 0 aromatic carbocycles. The Labute approximate surface area is 319 Å². The van der Waals surface area contributed by atoms with E-state index in [2.05, 4.69) is 6.58 Å². The molecule has 0 fully saturated rings. The van der Waals surface area contributed by atoms with Crippen molar-refractivity contribution >= 4 is 69.2 Å². The molecule has 3 aromatic heterocycles. The van der Waals surface area contributed by atoms with Crippen LogP contribution >= 0.6 is 0 Å². The minimum Gasteiger partial charge on any atom is -0.357 e. The first-order valence-electron chi connectivity index (χ1n) is 16.9. The van der Waals surface area contributed by atoms with Gasteiger partial charge in [0.25, 0.3) is 0 Å². The van der Waals surface area contributed by atoms with Gasteiger partial charge in [0.15, 0.2) is 0 Å². The van der Waals surface area contributed by atoms with Gasteiger partial charge in [-0.15, -0.1) is 0 Å². The normalized spacial score (nSPS) is 24.2. The molecule has 0 N–H and O–H groups in total. The molecule has 0 spiro atoms. The van der Waals surface area contributed by atoms with Crippen molar-refractivity contribution < 1.29 is 34.6 Å². The summed E-state index contributed by atoms with van der Waals surface area (Å²) in [5, 5.41) is 0. The monoisotopic (exact) mass is 775 g/mol. The van der Waals surface area contributed by atoms with Crippen molar-refractivity contribution in [1.29, 1.82) is 0 Å². The second-order valence-corrected chi connectivity index (χ2v) is 14.3. The smallest absolute Gasteiger partial charge is 0.357 e. The van der Waals surface area contributed by atoms with E-state index in [1.807, 2.05) is 0 Å². The number of hydrogen-bond donors (Lipinski definition) is 0. The largest absolute Gasteiger partial charge is 2.00 e. The van der Waals surface area contributed by atoms with Crippen molar-refractivity contribution in [2.24, 2.45) is 0 Å². The van der Waals surface area contributed by atoms with Gasteiger partial charge >= 0.3 is 17.1 Å². The fraction of sp³-hybridized carbons (Fsp3) is 0.220. The molecule has 13 heteroatoms. The Balaban J connectivity index is 0.00000450. The van der Waals surface area contributed by atoms with Crippen LogP contribution in [-0.2, 0) is 17.1 Å². The van der Waals surface area contributed by atoms with Crippen LogP contribution in [0.15, 0.2) is 73.4 Å². The number of aromatic nitrogens is 8. The second-order valence-electron chi connectivity index (χ2n) is 14.3. The molecule has 3 atom stereocenters. The van der Waals surface area contributed by atoms with Crippen LogP contribution in [0.1, 0.15) is 80.2 Å². The maximum atomic E-state index is 15.4. The van der Waals surface area contributed by atoms with E-state index in [9.17, 15) is 4.39 Å². The van der Waals surface area contributed by atoms with Crippen molar-refractivity contribution in [2.45, 2.75) is 57.3 Å². The van der Waals surface area contributed by atoms with Gasteiger partial charge in [0.2, 0.25) is 0 Å². The van der Waals surface area contributed by atoms with Crippen LogP contribution in [-0.4, -0.2) is 52.6 Å². The summed E-state index contributed by atoms with van der Waals surface area (Å²) in [4.78, 5) is 38.5. The van der Waals surface area contributed by atoms with Gasteiger partial charge in [-0.3, -0.25) is 0 Å². The molecule has 8 bridgehead atoms. The van der Waals surface area contributed by atoms with Crippen LogP contribution in [0.25, 0.3) is 69.2 Å². The summed E-state index contributed by atoms with van der Waals surface area (Å²) < 4.78 is 60.9. The molecule has 0 saturated heterocycles. The summed E-state index contributed by atoms with van der Waals surface area (Å²) in [5.74, 6) is 0.643. The van der Waals surface area contributed by atoms with Crippen molar-refractivity contribution in [2.75, 3.05) is 0 Å². The quantitative estimate of drug-likeness (QED) is 0.192. The number of hydrogen-bond acceptors (Lipinski definition) is 6. The molecular formula is C41H32CuF4N8. The Morgan fingerprint density at radius 3 is 1.26 bits per heavy atom. The van der Waals surface area contributed by atoms with Gasteiger partial charge < -0.3 is 29.9 Å². The van der Waals surface area contributed by atoms with E-state index < -0.39 is 22.7 Å². The third-order valence-electron chi connectivity index (χ3n) is 9.09. The van der Waals surface area contributed by atoms with E-state index in [-0.39, 0.29) is 63.0 Å². The van der Waals surface area contributed by atoms with Gasteiger partial charge in [0.05, 0.1) is 23.3 Å². The van der Waals surface area contributed by atoms with Crippen LogP contribution in [0.5, 0.6) is 0 Å². The summed E-state index contributed by atoms with van der Waals surface area (Å²) in [6, 6.07) is 0. The van der Waals surface area contributed by atoms with Crippen molar-refractivity contribution in [1.82, 2.24) is 39.9 Å². The van der Waals surface area contributed by atoms with Gasteiger partial charge in [-0.1, -0.05) is 55.2 Å². The van der Waals surface area contributed by atoms with Crippen LogP contribution < -0.4 is 9.97 Å². The van der Waals surface area contributed by atoms with E-state index in [4.69, 9.17) is 39.9 Å². The standard InChI is InChI=1S/C41H32F4N8.Cu/c1-7-22-23(8-15-38(2,3)42)31-46-30(22)47-32-24-9-16-39(4,43)17-10-25(24)34(49-32)51-36-28-13-20-41(6,45)21-14-29(28)37(53-36)52-35-27-12-19-40(5,44)18-11-26(27)33(48-31)50-35;/h7-21H,1H2,2-6H3;/q-2;+2/b15-8-;. The van der Waals surface area contributed by atoms with Gasteiger partial charge in [-0.05, 0) is 99.4 Å². The van der Waals surface area contributed by atoms with Crippen LogP contribution in [0.2, 0.25) is 0 Å². The zero-order valence-corrected chi connectivity index (χ0v) is 30.7. The minimum absolute atomic E-state index is 0. The Bertz CT molecular complexity index is 2600. The van der Waals surface area contributed by atoms with Crippen LogP contribution in [0.3, 0.4) is 0 Å². The first-order chi connectivity index (χ1) is 25.0. The van der Waals surface area contributed by atoms with E-state index >= 15 is 13.2 Å². The molecule has 275 valence electrons. The molecule has 8 nitrogen and oxygen atoms in total. The zero-order chi connectivity index (χ0) is 37.5. The molecule has 0 saturated carbocycles. The van der Waals surface area contributed by atoms with E-state index in [0.717, 1.165) is 0 Å². The van der Waals surface area contributed by atoms with Crippen LogP contribution in [0.4, 0.5) is 17.6 Å². The predicted octanol–water partition coefficient (Wildman–Crippen LogP) is 8.85.